The lowest BCUT2D eigenvalue weighted by molar-refractivity contribution is 0.602. The summed E-state index contributed by atoms with van der Waals surface area (Å²) >= 11 is 5.24. The van der Waals surface area contributed by atoms with Crippen molar-refractivity contribution in [2.75, 3.05) is 11.6 Å². The summed E-state index contributed by atoms with van der Waals surface area (Å²) < 4.78 is 23.0. The molecule has 2 rings (SSSR count). The maximum absolute atomic E-state index is 11.5. The third-order valence-electron chi connectivity index (χ3n) is 3.79. The van der Waals surface area contributed by atoms with Gasteiger partial charge in [0.1, 0.15) is 0 Å². The Kier molecular flexibility index (Phi) is 5.92. The Hall–Kier alpha value is -2.25. The number of aryl methyl sites for hydroxylation is 2. The van der Waals surface area contributed by atoms with Gasteiger partial charge in [0.2, 0.25) is 0 Å². The van der Waals surface area contributed by atoms with E-state index in [0.717, 1.165) is 11.3 Å². The van der Waals surface area contributed by atoms with E-state index in [1.54, 1.807) is 24.3 Å². The fourth-order valence-electron chi connectivity index (χ4n) is 2.12. The summed E-state index contributed by atoms with van der Waals surface area (Å²) in [5.74, 6) is 0. The average molecular weight is 376 g/mol. The quantitative estimate of drug-likeness (QED) is 0.487. The van der Waals surface area contributed by atoms with Crippen LogP contribution in [0.4, 0.5) is 5.69 Å². The van der Waals surface area contributed by atoms with E-state index in [1.807, 2.05) is 32.0 Å². The summed E-state index contributed by atoms with van der Waals surface area (Å²) in [5.41, 5.74) is 7.60. The molecule has 0 bridgehead atoms. The third kappa shape index (κ3) is 5.37. The van der Waals surface area contributed by atoms with Gasteiger partial charge in [0.05, 0.1) is 10.6 Å². The third-order valence-corrected chi connectivity index (χ3v) is 5.11. The van der Waals surface area contributed by atoms with Crippen molar-refractivity contribution in [3.63, 3.8) is 0 Å². The first kappa shape index (κ1) is 19.1. The van der Waals surface area contributed by atoms with Gasteiger partial charge < -0.3 is 5.32 Å². The predicted molar refractivity (Wildman–Crippen MR) is 107 cm³/mol. The molecule has 0 saturated carbocycles. The summed E-state index contributed by atoms with van der Waals surface area (Å²) in [5, 5.41) is 7.70. The Morgan fingerprint density at radius 3 is 2.24 bits per heavy atom. The van der Waals surface area contributed by atoms with Crippen molar-refractivity contribution >= 4 is 38.6 Å². The van der Waals surface area contributed by atoms with Crippen LogP contribution in [-0.2, 0) is 9.84 Å². The highest BCUT2D eigenvalue weighted by Crippen LogP contribution is 2.14. The molecule has 2 aromatic carbocycles. The average Bonchev–Trinajstić information content (AvgIpc) is 2.55. The van der Waals surface area contributed by atoms with E-state index < -0.39 is 9.84 Å². The molecule has 0 saturated heterocycles. The van der Waals surface area contributed by atoms with E-state index >= 15 is 0 Å². The summed E-state index contributed by atoms with van der Waals surface area (Å²) in [6.07, 6.45) is 1.18. The summed E-state index contributed by atoms with van der Waals surface area (Å²) in [7, 11) is -3.20. The number of nitrogens with zero attached hydrogens (tertiary/aromatic N) is 1. The molecule has 0 radical (unpaired) electrons. The van der Waals surface area contributed by atoms with Gasteiger partial charge in [-0.3, -0.25) is 5.43 Å². The molecular formula is C18H21N3O2S2. The van der Waals surface area contributed by atoms with Crippen LogP contribution in [0, 0.1) is 13.8 Å². The van der Waals surface area contributed by atoms with E-state index in [0.29, 0.717) is 10.8 Å². The molecule has 0 aliphatic heterocycles. The van der Waals surface area contributed by atoms with Crippen LogP contribution in [0.2, 0.25) is 0 Å². The minimum Gasteiger partial charge on any atom is -0.331 e. The number of thiocarbonyl (C=S) groups is 1. The SMILES string of the molecule is C/C(=N/NC(=S)Nc1ccc(C)c(C)c1)c1ccc(S(C)(=O)=O)cc1. The van der Waals surface area contributed by atoms with Gasteiger partial charge in [-0.05, 0) is 73.9 Å². The van der Waals surface area contributed by atoms with E-state index in [2.05, 4.69) is 22.8 Å². The number of anilines is 1. The number of rotatable bonds is 4. The van der Waals surface area contributed by atoms with Crippen LogP contribution in [-0.4, -0.2) is 25.5 Å². The molecule has 5 nitrogen and oxygen atoms in total. The van der Waals surface area contributed by atoms with Gasteiger partial charge >= 0.3 is 0 Å². The van der Waals surface area contributed by atoms with Crippen LogP contribution in [0.15, 0.2) is 52.5 Å². The molecule has 0 amide bonds. The molecule has 0 aliphatic carbocycles. The lowest BCUT2D eigenvalue weighted by Gasteiger charge is -2.10. The molecule has 25 heavy (non-hydrogen) atoms. The highest BCUT2D eigenvalue weighted by atomic mass is 32.2. The zero-order valence-corrected chi connectivity index (χ0v) is 16.3. The monoisotopic (exact) mass is 375 g/mol. The summed E-state index contributed by atoms with van der Waals surface area (Å²) in [4.78, 5) is 0.281. The summed E-state index contributed by atoms with van der Waals surface area (Å²) in [6, 6.07) is 12.6. The molecule has 0 unspecified atom stereocenters. The summed E-state index contributed by atoms with van der Waals surface area (Å²) in [6.45, 7) is 5.92. The van der Waals surface area contributed by atoms with Gasteiger partial charge in [-0.15, -0.1) is 0 Å². The van der Waals surface area contributed by atoms with Gasteiger partial charge in [-0.25, -0.2) is 8.42 Å². The van der Waals surface area contributed by atoms with E-state index in [1.165, 1.54) is 17.4 Å². The van der Waals surface area contributed by atoms with Gasteiger partial charge in [0.15, 0.2) is 14.9 Å². The van der Waals surface area contributed by atoms with Crippen molar-refractivity contribution < 1.29 is 8.42 Å². The molecule has 2 aromatic rings. The highest BCUT2D eigenvalue weighted by molar-refractivity contribution is 7.90. The first-order valence-electron chi connectivity index (χ1n) is 7.66. The zero-order valence-electron chi connectivity index (χ0n) is 14.6. The Morgan fingerprint density at radius 1 is 1.04 bits per heavy atom. The van der Waals surface area contributed by atoms with Crippen molar-refractivity contribution in [3.8, 4) is 0 Å². The maximum atomic E-state index is 11.5. The Morgan fingerprint density at radius 2 is 1.68 bits per heavy atom. The minimum atomic E-state index is -3.20. The Balaban J connectivity index is 2.02. The van der Waals surface area contributed by atoms with Crippen LogP contribution in [0.3, 0.4) is 0 Å². The first-order valence-corrected chi connectivity index (χ1v) is 9.96. The molecule has 2 N–H and O–H groups in total. The Labute approximate surface area is 154 Å². The van der Waals surface area contributed by atoms with Crippen LogP contribution in [0.1, 0.15) is 23.6 Å². The fraction of sp³-hybridized carbons (Fsp3) is 0.222. The van der Waals surface area contributed by atoms with Gasteiger partial charge in [-0.2, -0.15) is 5.10 Å². The lowest BCUT2D eigenvalue weighted by atomic mass is 10.1. The van der Waals surface area contributed by atoms with Crippen molar-refractivity contribution in [3.05, 3.63) is 59.2 Å². The van der Waals surface area contributed by atoms with E-state index in [-0.39, 0.29) is 4.90 Å². The van der Waals surface area contributed by atoms with Crippen molar-refractivity contribution in [2.24, 2.45) is 5.10 Å². The first-order chi connectivity index (χ1) is 11.7. The molecule has 0 heterocycles. The van der Waals surface area contributed by atoms with E-state index in [9.17, 15) is 8.42 Å². The van der Waals surface area contributed by atoms with Gasteiger partial charge in [0.25, 0.3) is 0 Å². The topological polar surface area (TPSA) is 70.6 Å². The normalized spacial score (nSPS) is 11.9. The molecule has 0 aliphatic rings. The smallest absolute Gasteiger partial charge is 0.191 e. The molecule has 132 valence electrons. The highest BCUT2D eigenvalue weighted by Gasteiger charge is 2.07. The molecule has 0 aromatic heterocycles. The number of nitrogens with one attached hydrogen (secondary N) is 2. The van der Waals surface area contributed by atoms with Crippen LogP contribution < -0.4 is 10.7 Å². The van der Waals surface area contributed by atoms with Crippen molar-refractivity contribution in [1.29, 1.82) is 0 Å². The second kappa shape index (κ2) is 7.76. The molecule has 7 heteroatoms. The van der Waals surface area contributed by atoms with Crippen molar-refractivity contribution in [2.45, 2.75) is 25.7 Å². The second-order valence-corrected chi connectivity index (χ2v) is 8.28. The number of benzene rings is 2. The van der Waals surface area contributed by atoms with Crippen LogP contribution in [0.25, 0.3) is 0 Å². The number of hydrogen-bond donors (Lipinski definition) is 2. The number of hydrogen-bond acceptors (Lipinski definition) is 4. The molecule has 0 atom stereocenters. The standard InChI is InChI=1S/C18H21N3O2S2/c1-12-5-8-16(11-13(12)2)19-18(24)21-20-14(3)15-6-9-17(10-7-15)25(4,22)23/h5-11H,1-4H3,(H2,19,21,24)/b20-14-. The number of hydrazone groups is 1. The largest absolute Gasteiger partial charge is 0.331 e. The molecule has 0 fully saturated rings. The van der Waals surface area contributed by atoms with Gasteiger partial charge in [0, 0.05) is 11.9 Å². The van der Waals surface area contributed by atoms with Gasteiger partial charge in [-0.1, -0.05) is 18.2 Å². The van der Waals surface area contributed by atoms with Crippen molar-refractivity contribution in [1.82, 2.24) is 5.43 Å². The minimum absolute atomic E-state index is 0.281. The molecular weight excluding hydrogens is 354 g/mol. The maximum Gasteiger partial charge on any atom is 0.191 e. The molecule has 0 spiro atoms. The number of sulfone groups is 1. The van der Waals surface area contributed by atoms with Crippen LogP contribution >= 0.6 is 12.2 Å². The van der Waals surface area contributed by atoms with Crippen LogP contribution in [0.5, 0.6) is 0 Å². The van der Waals surface area contributed by atoms with E-state index in [4.69, 9.17) is 12.2 Å². The lowest BCUT2D eigenvalue weighted by Crippen LogP contribution is -2.25. The zero-order chi connectivity index (χ0) is 18.6. The fourth-order valence-corrected chi connectivity index (χ4v) is 2.91. The second-order valence-electron chi connectivity index (χ2n) is 5.86. The Bertz CT molecular complexity index is 918. The predicted octanol–water partition coefficient (Wildman–Crippen LogP) is 3.42.